The molecule has 2 aromatic rings. The van der Waals surface area contributed by atoms with Crippen LogP contribution in [-0.2, 0) is 4.79 Å². The molecule has 1 aromatic heterocycles. The lowest BCUT2D eigenvalue weighted by Crippen LogP contribution is -2.32. The van der Waals surface area contributed by atoms with Crippen molar-refractivity contribution in [2.75, 3.05) is 10.7 Å². The van der Waals surface area contributed by atoms with E-state index in [4.69, 9.17) is 11.6 Å². The molecule has 2 amide bonds. The van der Waals surface area contributed by atoms with E-state index in [1.165, 1.54) is 6.07 Å². The van der Waals surface area contributed by atoms with Crippen LogP contribution in [-0.4, -0.2) is 22.7 Å². The van der Waals surface area contributed by atoms with Crippen molar-refractivity contribution in [1.82, 2.24) is 5.43 Å². The zero-order valence-corrected chi connectivity index (χ0v) is 14.1. The minimum absolute atomic E-state index is 0.0380. The van der Waals surface area contributed by atoms with Crippen LogP contribution in [0.15, 0.2) is 35.4 Å². The molecule has 24 heavy (non-hydrogen) atoms. The predicted molar refractivity (Wildman–Crippen MR) is 90.5 cm³/mol. The lowest BCUT2D eigenvalue weighted by molar-refractivity contribution is -0.115. The highest BCUT2D eigenvalue weighted by molar-refractivity contribution is 8.15. The maximum absolute atomic E-state index is 13.9. The number of rotatable bonds is 3. The van der Waals surface area contributed by atoms with E-state index in [0.29, 0.717) is 15.3 Å². The summed E-state index contributed by atoms with van der Waals surface area (Å²) in [4.78, 5) is 25.3. The summed E-state index contributed by atoms with van der Waals surface area (Å²) >= 11 is 7.87. The Balaban J connectivity index is 1.83. The summed E-state index contributed by atoms with van der Waals surface area (Å²) in [5.74, 6) is -2.53. The first kappa shape index (κ1) is 16.9. The Labute approximate surface area is 148 Å². The van der Waals surface area contributed by atoms with Crippen molar-refractivity contribution in [3.63, 3.8) is 0 Å². The fraction of sp³-hybridized carbons (Fsp3) is 0.0714. The van der Waals surface area contributed by atoms with E-state index in [1.54, 1.807) is 6.07 Å². The van der Waals surface area contributed by atoms with Gasteiger partial charge in [-0.2, -0.15) is 0 Å². The molecule has 0 aliphatic carbocycles. The second kappa shape index (κ2) is 6.88. The van der Waals surface area contributed by atoms with Crippen molar-refractivity contribution in [2.45, 2.75) is 0 Å². The molecule has 5 nitrogen and oxygen atoms in total. The third kappa shape index (κ3) is 3.42. The lowest BCUT2D eigenvalue weighted by Gasteiger charge is -2.16. The molecule has 0 saturated carbocycles. The van der Waals surface area contributed by atoms with Gasteiger partial charge in [-0.1, -0.05) is 23.4 Å². The third-order valence-electron chi connectivity index (χ3n) is 2.97. The number of hydrazone groups is 1. The summed E-state index contributed by atoms with van der Waals surface area (Å²) in [6.45, 7) is 0. The molecule has 0 atom stereocenters. The number of amidine groups is 1. The van der Waals surface area contributed by atoms with Gasteiger partial charge in [0.1, 0.15) is 11.6 Å². The summed E-state index contributed by atoms with van der Waals surface area (Å²) in [7, 11) is 0. The highest BCUT2D eigenvalue weighted by Crippen LogP contribution is 2.29. The number of nitrogens with zero attached hydrogens (tertiary/aromatic N) is 2. The molecule has 1 N–H and O–H groups in total. The summed E-state index contributed by atoms with van der Waals surface area (Å²) in [5, 5.41) is 3.97. The van der Waals surface area contributed by atoms with Crippen LogP contribution in [0.1, 0.15) is 9.67 Å². The number of thiophene rings is 1. The maximum atomic E-state index is 13.9. The molecular formula is C14H8ClF2N3O2S2. The fourth-order valence-electron chi connectivity index (χ4n) is 1.93. The number of carbonyl (C=O) groups excluding carboxylic acids is 2. The van der Waals surface area contributed by atoms with E-state index < -0.39 is 23.4 Å². The predicted octanol–water partition coefficient (Wildman–Crippen LogP) is 3.46. The molecule has 10 heteroatoms. The van der Waals surface area contributed by atoms with Gasteiger partial charge in [0.05, 0.1) is 20.7 Å². The van der Waals surface area contributed by atoms with Crippen LogP contribution in [0.25, 0.3) is 0 Å². The van der Waals surface area contributed by atoms with Crippen LogP contribution < -0.4 is 10.3 Å². The number of hydrogen-bond acceptors (Lipinski definition) is 5. The summed E-state index contributed by atoms with van der Waals surface area (Å²) in [6, 6.07) is 5.97. The number of thioether (sulfide) groups is 1. The first-order chi connectivity index (χ1) is 11.5. The van der Waals surface area contributed by atoms with Crippen LogP contribution in [0.2, 0.25) is 4.34 Å². The number of anilines is 1. The van der Waals surface area contributed by atoms with Gasteiger partial charge in [0.25, 0.3) is 5.91 Å². The Morgan fingerprint density at radius 3 is 2.75 bits per heavy atom. The van der Waals surface area contributed by atoms with Crippen molar-refractivity contribution in [1.29, 1.82) is 0 Å². The van der Waals surface area contributed by atoms with Gasteiger partial charge >= 0.3 is 0 Å². The second-order valence-corrected chi connectivity index (χ2v) is 7.21. The van der Waals surface area contributed by atoms with Gasteiger partial charge in [-0.15, -0.1) is 16.4 Å². The molecule has 124 valence electrons. The average molecular weight is 388 g/mol. The maximum Gasteiger partial charge on any atom is 0.281 e. The quantitative estimate of drug-likeness (QED) is 0.820. The Kier molecular flexibility index (Phi) is 4.83. The topological polar surface area (TPSA) is 61.8 Å². The van der Waals surface area contributed by atoms with E-state index in [0.717, 1.165) is 40.1 Å². The molecular weight excluding hydrogens is 380 g/mol. The van der Waals surface area contributed by atoms with Crippen LogP contribution in [0.3, 0.4) is 0 Å². The largest absolute Gasteiger partial charge is 0.281 e. The highest BCUT2D eigenvalue weighted by Gasteiger charge is 2.32. The monoisotopic (exact) mass is 387 g/mol. The summed E-state index contributed by atoms with van der Waals surface area (Å²) in [5.41, 5.74) is 2.17. The van der Waals surface area contributed by atoms with Gasteiger partial charge < -0.3 is 0 Å². The molecule has 1 aliphatic rings. The Morgan fingerprint density at radius 2 is 2.08 bits per heavy atom. The van der Waals surface area contributed by atoms with Crippen molar-refractivity contribution in [3.8, 4) is 0 Å². The van der Waals surface area contributed by atoms with E-state index in [1.807, 2.05) is 0 Å². The van der Waals surface area contributed by atoms with E-state index >= 15 is 0 Å². The zero-order chi connectivity index (χ0) is 17.3. The van der Waals surface area contributed by atoms with Gasteiger partial charge in [-0.3, -0.25) is 14.5 Å². The fourth-order valence-corrected chi connectivity index (χ4v) is 3.69. The Morgan fingerprint density at radius 1 is 1.29 bits per heavy atom. The summed E-state index contributed by atoms with van der Waals surface area (Å²) in [6.07, 6.45) is 0. The zero-order valence-electron chi connectivity index (χ0n) is 11.8. The van der Waals surface area contributed by atoms with E-state index in [2.05, 4.69) is 10.5 Å². The van der Waals surface area contributed by atoms with Crippen LogP contribution in [0.4, 0.5) is 14.5 Å². The number of hydrogen-bond donors (Lipinski definition) is 1. The molecule has 2 heterocycles. The van der Waals surface area contributed by atoms with Crippen molar-refractivity contribution in [2.24, 2.45) is 5.10 Å². The molecule has 3 rings (SSSR count). The highest BCUT2D eigenvalue weighted by atomic mass is 35.5. The number of amides is 2. The minimum Gasteiger partial charge on any atom is -0.273 e. The van der Waals surface area contributed by atoms with Gasteiger partial charge in [0, 0.05) is 6.07 Å². The third-order valence-corrected chi connectivity index (χ3v) is 5.12. The molecule has 0 radical (unpaired) electrons. The summed E-state index contributed by atoms with van der Waals surface area (Å²) < 4.78 is 27.4. The first-order valence-electron chi connectivity index (χ1n) is 6.50. The van der Waals surface area contributed by atoms with Gasteiger partial charge in [-0.05, 0) is 24.3 Å². The molecule has 1 saturated heterocycles. The van der Waals surface area contributed by atoms with Crippen molar-refractivity contribution in [3.05, 3.63) is 51.2 Å². The van der Waals surface area contributed by atoms with Crippen LogP contribution in [0, 0.1) is 11.6 Å². The SMILES string of the molecule is O=C(NN=C1SCC(=O)N1c1ccc(F)cc1F)c1ccc(Cl)s1. The van der Waals surface area contributed by atoms with E-state index in [9.17, 15) is 18.4 Å². The first-order valence-corrected chi connectivity index (χ1v) is 8.68. The number of halogens is 3. The molecule has 1 aromatic carbocycles. The average Bonchev–Trinajstić information content (AvgIpc) is 3.12. The van der Waals surface area contributed by atoms with Crippen LogP contribution in [0.5, 0.6) is 0 Å². The number of nitrogens with one attached hydrogen (secondary N) is 1. The number of benzene rings is 1. The normalized spacial score (nSPS) is 16.0. The van der Waals surface area contributed by atoms with Crippen LogP contribution >= 0.6 is 34.7 Å². The van der Waals surface area contributed by atoms with Gasteiger partial charge in [0.2, 0.25) is 5.91 Å². The standard InChI is InChI=1S/C14H8ClF2N3O2S2/c15-11-4-3-10(24-11)13(22)18-19-14-20(12(21)6-23-14)9-2-1-7(16)5-8(9)17/h1-5H,6H2,(H,18,22). The minimum atomic E-state index is -0.894. The molecule has 0 bridgehead atoms. The van der Waals surface area contributed by atoms with Gasteiger partial charge in [-0.25, -0.2) is 14.2 Å². The number of carbonyl (C=O) groups is 2. The smallest absolute Gasteiger partial charge is 0.273 e. The lowest BCUT2D eigenvalue weighted by atomic mass is 10.2. The van der Waals surface area contributed by atoms with E-state index in [-0.39, 0.29) is 16.6 Å². The molecule has 0 unspecified atom stereocenters. The second-order valence-electron chi connectivity index (χ2n) is 4.55. The Hall–Kier alpha value is -1.97. The molecule has 0 spiro atoms. The van der Waals surface area contributed by atoms with Crippen molar-refractivity contribution < 1.29 is 18.4 Å². The molecule has 1 fully saturated rings. The molecule has 1 aliphatic heterocycles. The Bertz CT molecular complexity index is 856. The van der Waals surface area contributed by atoms with Crippen molar-refractivity contribution >= 4 is 57.4 Å². The van der Waals surface area contributed by atoms with Gasteiger partial charge in [0.15, 0.2) is 5.17 Å².